The summed E-state index contributed by atoms with van der Waals surface area (Å²) >= 11 is 0. The Hall–Kier alpha value is -1.28. The molecule has 7 nitrogen and oxygen atoms in total. The van der Waals surface area contributed by atoms with Gasteiger partial charge in [-0.3, -0.25) is 4.90 Å². The number of likely N-dealkylation sites (tertiary alicyclic amines) is 2. The SMILES string of the molecule is OC1(CN2CCCCC2)CCN(Cc2cnc(N3CCOCC3)nc2)C1. The van der Waals surface area contributed by atoms with Gasteiger partial charge in [-0.05, 0) is 32.4 Å². The molecule has 1 aromatic heterocycles. The van der Waals surface area contributed by atoms with E-state index in [1.807, 2.05) is 12.4 Å². The van der Waals surface area contributed by atoms with E-state index in [0.717, 1.165) is 83.5 Å². The van der Waals surface area contributed by atoms with Gasteiger partial charge in [-0.1, -0.05) is 6.42 Å². The summed E-state index contributed by atoms with van der Waals surface area (Å²) in [4.78, 5) is 16.0. The summed E-state index contributed by atoms with van der Waals surface area (Å²) in [5, 5.41) is 11.0. The third kappa shape index (κ3) is 4.52. The van der Waals surface area contributed by atoms with Gasteiger partial charge >= 0.3 is 0 Å². The minimum Gasteiger partial charge on any atom is -0.387 e. The molecule has 7 heteroatoms. The molecule has 3 saturated heterocycles. The van der Waals surface area contributed by atoms with Crippen molar-refractivity contribution in [3.63, 3.8) is 0 Å². The predicted octanol–water partition coefficient (Wildman–Crippen LogP) is 0.736. The second-order valence-electron chi connectivity index (χ2n) is 8.01. The van der Waals surface area contributed by atoms with Gasteiger partial charge in [-0.25, -0.2) is 9.97 Å². The zero-order valence-electron chi connectivity index (χ0n) is 15.6. The standard InChI is InChI=1S/C19H31N5O2/c25-19(15-22-5-2-1-3-6-22)4-7-23(16-19)14-17-12-20-18(21-13-17)24-8-10-26-11-9-24/h12-13,25H,1-11,14-16H2. The van der Waals surface area contributed by atoms with Gasteiger partial charge in [0.2, 0.25) is 5.95 Å². The minimum atomic E-state index is -0.564. The second-order valence-corrected chi connectivity index (χ2v) is 8.01. The molecule has 1 unspecified atom stereocenters. The van der Waals surface area contributed by atoms with Crippen molar-refractivity contribution in [1.82, 2.24) is 19.8 Å². The Morgan fingerprint density at radius 2 is 1.69 bits per heavy atom. The minimum absolute atomic E-state index is 0.564. The Labute approximate surface area is 156 Å². The van der Waals surface area contributed by atoms with Gasteiger partial charge in [0.25, 0.3) is 0 Å². The summed E-state index contributed by atoms with van der Waals surface area (Å²) in [7, 11) is 0. The quantitative estimate of drug-likeness (QED) is 0.830. The number of morpholine rings is 1. The van der Waals surface area contributed by atoms with E-state index >= 15 is 0 Å². The molecule has 4 heterocycles. The molecule has 0 saturated carbocycles. The molecule has 1 aromatic rings. The van der Waals surface area contributed by atoms with Gasteiger partial charge in [-0.15, -0.1) is 0 Å². The van der Waals surface area contributed by atoms with Crippen molar-refractivity contribution in [2.24, 2.45) is 0 Å². The van der Waals surface area contributed by atoms with Gasteiger partial charge in [-0.2, -0.15) is 0 Å². The molecule has 0 amide bonds. The molecule has 1 atom stereocenters. The van der Waals surface area contributed by atoms with Crippen LogP contribution in [0.1, 0.15) is 31.2 Å². The molecule has 0 bridgehead atoms. The fourth-order valence-corrected chi connectivity index (χ4v) is 4.35. The number of β-amino-alcohol motifs (C(OH)–C–C–N with tert-alkyl or cyclic N) is 1. The fourth-order valence-electron chi connectivity index (χ4n) is 4.35. The number of piperidine rings is 1. The lowest BCUT2D eigenvalue weighted by atomic mass is 10.0. The summed E-state index contributed by atoms with van der Waals surface area (Å²) in [5.41, 5.74) is 0.551. The zero-order chi connectivity index (χ0) is 17.8. The number of anilines is 1. The van der Waals surface area contributed by atoms with E-state index in [2.05, 4.69) is 24.7 Å². The number of ether oxygens (including phenoxy) is 1. The molecule has 4 rings (SSSR count). The molecule has 1 N–H and O–H groups in total. The molecular formula is C19H31N5O2. The van der Waals surface area contributed by atoms with Crippen molar-refractivity contribution in [2.45, 2.75) is 37.8 Å². The van der Waals surface area contributed by atoms with E-state index in [1.165, 1.54) is 19.3 Å². The number of hydrogen-bond donors (Lipinski definition) is 1. The molecule has 0 aliphatic carbocycles. The van der Waals surface area contributed by atoms with Crippen LogP contribution in [0.2, 0.25) is 0 Å². The summed E-state index contributed by atoms with van der Waals surface area (Å²) in [6.07, 6.45) is 8.59. The highest BCUT2D eigenvalue weighted by atomic mass is 16.5. The van der Waals surface area contributed by atoms with Crippen molar-refractivity contribution in [3.8, 4) is 0 Å². The van der Waals surface area contributed by atoms with Crippen LogP contribution in [0.3, 0.4) is 0 Å². The highest BCUT2D eigenvalue weighted by Crippen LogP contribution is 2.25. The maximum atomic E-state index is 11.0. The summed E-state index contributed by atoms with van der Waals surface area (Å²) in [6, 6.07) is 0. The summed E-state index contributed by atoms with van der Waals surface area (Å²) < 4.78 is 5.38. The largest absolute Gasteiger partial charge is 0.387 e. The van der Waals surface area contributed by atoms with Crippen molar-refractivity contribution < 1.29 is 9.84 Å². The highest BCUT2D eigenvalue weighted by molar-refractivity contribution is 5.30. The van der Waals surface area contributed by atoms with Gasteiger partial charge in [0.1, 0.15) is 0 Å². The lowest BCUT2D eigenvalue weighted by Crippen LogP contribution is -2.46. The Kier molecular flexibility index (Phi) is 5.69. The van der Waals surface area contributed by atoms with Gasteiger partial charge in [0.05, 0.1) is 18.8 Å². The highest BCUT2D eigenvalue weighted by Gasteiger charge is 2.37. The van der Waals surface area contributed by atoms with Crippen LogP contribution in [0.15, 0.2) is 12.4 Å². The third-order valence-electron chi connectivity index (χ3n) is 5.77. The topological polar surface area (TPSA) is 65.0 Å². The van der Waals surface area contributed by atoms with Gasteiger partial charge < -0.3 is 19.6 Å². The first-order valence-electron chi connectivity index (χ1n) is 10.0. The van der Waals surface area contributed by atoms with Crippen LogP contribution in [-0.4, -0.2) is 89.5 Å². The number of rotatable bonds is 5. The van der Waals surface area contributed by atoms with Crippen LogP contribution in [0.4, 0.5) is 5.95 Å². The molecule has 3 fully saturated rings. The third-order valence-corrected chi connectivity index (χ3v) is 5.77. The van der Waals surface area contributed by atoms with Crippen molar-refractivity contribution >= 4 is 5.95 Å². The van der Waals surface area contributed by atoms with E-state index in [9.17, 15) is 5.11 Å². The average molecular weight is 361 g/mol. The van der Waals surface area contributed by atoms with Crippen LogP contribution < -0.4 is 4.90 Å². The van der Waals surface area contributed by atoms with Crippen LogP contribution in [-0.2, 0) is 11.3 Å². The fraction of sp³-hybridized carbons (Fsp3) is 0.789. The molecule has 3 aliphatic heterocycles. The maximum Gasteiger partial charge on any atom is 0.225 e. The molecule has 0 aromatic carbocycles. The summed E-state index contributed by atoms with van der Waals surface area (Å²) in [6.45, 7) is 8.79. The van der Waals surface area contributed by atoms with E-state index < -0.39 is 5.60 Å². The van der Waals surface area contributed by atoms with Crippen LogP contribution >= 0.6 is 0 Å². The van der Waals surface area contributed by atoms with Crippen molar-refractivity contribution in [1.29, 1.82) is 0 Å². The van der Waals surface area contributed by atoms with E-state index in [0.29, 0.717) is 0 Å². The number of nitrogens with zero attached hydrogens (tertiary/aromatic N) is 5. The van der Waals surface area contributed by atoms with Crippen LogP contribution in [0, 0.1) is 0 Å². The zero-order valence-corrected chi connectivity index (χ0v) is 15.6. The average Bonchev–Trinajstić information content (AvgIpc) is 3.04. The normalized spacial score (nSPS) is 28.6. The lowest BCUT2D eigenvalue weighted by molar-refractivity contribution is 0.00634. The Morgan fingerprint density at radius 3 is 2.42 bits per heavy atom. The van der Waals surface area contributed by atoms with E-state index in [1.54, 1.807) is 0 Å². The van der Waals surface area contributed by atoms with Gasteiger partial charge in [0.15, 0.2) is 0 Å². The molecular weight excluding hydrogens is 330 g/mol. The van der Waals surface area contributed by atoms with E-state index in [-0.39, 0.29) is 0 Å². The lowest BCUT2D eigenvalue weighted by Gasteiger charge is -2.33. The maximum absolute atomic E-state index is 11.0. The number of hydrogen-bond acceptors (Lipinski definition) is 7. The first kappa shape index (κ1) is 18.1. The Morgan fingerprint density at radius 1 is 0.962 bits per heavy atom. The first-order valence-corrected chi connectivity index (χ1v) is 10.0. The molecule has 0 radical (unpaired) electrons. The monoisotopic (exact) mass is 361 g/mol. The van der Waals surface area contributed by atoms with E-state index in [4.69, 9.17) is 4.74 Å². The number of aromatic nitrogens is 2. The predicted molar refractivity (Wildman–Crippen MR) is 100 cm³/mol. The van der Waals surface area contributed by atoms with Crippen molar-refractivity contribution in [2.75, 3.05) is 63.9 Å². The molecule has 144 valence electrons. The molecule has 0 spiro atoms. The van der Waals surface area contributed by atoms with Crippen LogP contribution in [0.25, 0.3) is 0 Å². The number of aliphatic hydroxyl groups is 1. The smallest absolute Gasteiger partial charge is 0.225 e. The second kappa shape index (κ2) is 8.17. The summed E-state index contributed by atoms with van der Waals surface area (Å²) in [5.74, 6) is 0.792. The van der Waals surface area contributed by atoms with Crippen molar-refractivity contribution in [3.05, 3.63) is 18.0 Å². The Balaban J connectivity index is 1.29. The van der Waals surface area contributed by atoms with Crippen LogP contribution in [0.5, 0.6) is 0 Å². The first-order chi connectivity index (χ1) is 12.7. The molecule has 3 aliphatic rings. The Bertz CT molecular complexity index is 572. The van der Waals surface area contributed by atoms with Gasteiger partial charge in [0, 0.05) is 57.2 Å². The molecule has 26 heavy (non-hydrogen) atoms.